The molecule has 0 saturated carbocycles. The Hall–Kier alpha value is -2.34. The average Bonchev–Trinajstić information content (AvgIpc) is 2.83. The van der Waals surface area contributed by atoms with Crippen molar-refractivity contribution in [2.45, 2.75) is 40.3 Å². The van der Waals surface area contributed by atoms with Gasteiger partial charge in [0.05, 0.1) is 11.3 Å². The Balaban J connectivity index is 2.06. The maximum atomic E-state index is 12.3. The number of carbonyl (C=O) groups is 2. The molecule has 7 heteroatoms. The predicted octanol–water partition coefficient (Wildman–Crippen LogP) is 3.36. The van der Waals surface area contributed by atoms with E-state index in [1.54, 1.807) is 18.2 Å². The number of nitrogens with one attached hydrogen (secondary N) is 1. The van der Waals surface area contributed by atoms with Gasteiger partial charge in [0.1, 0.15) is 0 Å². The van der Waals surface area contributed by atoms with E-state index in [4.69, 9.17) is 16.3 Å². The van der Waals surface area contributed by atoms with Gasteiger partial charge < -0.3 is 14.6 Å². The van der Waals surface area contributed by atoms with Gasteiger partial charge in [-0.15, -0.1) is 0 Å². The molecule has 1 atom stereocenters. The number of hydrogen-bond donors (Lipinski definition) is 1. The molecule has 0 radical (unpaired) electrons. The summed E-state index contributed by atoms with van der Waals surface area (Å²) in [6.45, 7) is 8.06. The molecule has 0 saturated heterocycles. The Morgan fingerprint density at radius 2 is 2.12 bits per heavy atom. The molecule has 0 unspecified atom stereocenters. The van der Waals surface area contributed by atoms with Gasteiger partial charge in [0.25, 0.3) is 5.91 Å². The second-order valence-electron chi connectivity index (χ2n) is 5.41. The van der Waals surface area contributed by atoms with E-state index >= 15 is 0 Å². The standard InChI is InChI=1S/C17H20ClN3O3/c1-5-21-10(2)9-13(11(21)3)17(23)24-12(4)16(22)20-14-7-6-8-19-15(14)18/h6-9,12H,5H2,1-4H3,(H,20,22)/t12-/m0/s1. The highest BCUT2D eigenvalue weighted by atomic mass is 35.5. The minimum Gasteiger partial charge on any atom is -0.449 e. The van der Waals surface area contributed by atoms with Gasteiger partial charge >= 0.3 is 5.97 Å². The molecule has 6 nitrogen and oxygen atoms in total. The maximum absolute atomic E-state index is 12.3. The number of rotatable bonds is 5. The molecule has 2 aromatic rings. The first-order valence-corrected chi connectivity index (χ1v) is 8.02. The monoisotopic (exact) mass is 349 g/mol. The van der Waals surface area contributed by atoms with Crippen LogP contribution >= 0.6 is 11.6 Å². The highest BCUT2D eigenvalue weighted by molar-refractivity contribution is 6.32. The number of halogens is 1. The second kappa shape index (κ2) is 7.49. The van der Waals surface area contributed by atoms with E-state index in [1.165, 1.54) is 13.1 Å². The Morgan fingerprint density at radius 1 is 1.42 bits per heavy atom. The summed E-state index contributed by atoms with van der Waals surface area (Å²) in [5.41, 5.74) is 2.63. The number of amides is 1. The summed E-state index contributed by atoms with van der Waals surface area (Å²) in [4.78, 5) is 28.4. The minimum atomic E-state index is -0.960. The summed E-state index contributed by atoms with van der Waals surface area (Å²) >= 11 is 5.90. The quantitative estimate of drug-likeness (QED) is 0.663. The van der Waals surface area contributed by atoms with Gasteiger partial charge in [-0.25, -0.2) is 9.78 Å². The van der Waals surface area contributed by atoms with Gasteiger partial charge in [0.15, 0.2) is 11.3 Å². The highest BCUT2D eigenvalue weighted by Gasteiger charge is 2.22. The van der Waals surface area contributed by atoms with Crippen molar-refractivity contribution >= 4 is 29.2 Å². The van der Waals surface area contributed by atoms with Crippen LogP contribution in [-0.2, 0) is 16.1 Å². The third-order valence-corrected chi connectivity index (χ3v) is 4.08. The van der Waals surface area contributed by atoms with E-state index in [1.807, 2.05) is 25.3 Å². The number of hydrogen-bond acceptors (Lipinski definition) is 4. The number of ether oxygens (including phenoxy) is 1. The van der Waals surface area contributed by atoms with Crippen LogP contribution in [0.15, 0.2) is 24.4 Å². The van der Waals surface area contributed by atoms with Gasteiger partial charge in [0.2, 0.25) is 0 Å². The van der Waals surface area contributed by atoms with Crippen LogP contribution in [0.3, 0.4) is 0 Å². The van der Waals surface area contributed by atoms with Gasteiger partial charge in [0, 0.05) is 24.1 Å². The molecule has 0 aliphatic rings. The number of anilines is 1. The van der Waals surface area contributed by atoms with Gasteiger partial charge in [-0.05, 0) is 45.9 Å². The van der Waals surface area contributed by atoms with Gasteiger partial charge in [-0.1, -0.05) is 11.6 Å². The number of aryl methyl sites for hydroxylation is 1. The zero-order valence-corrected chi connectivity index (χ0v) is 14.8. The van der Waals surface area contributed by atoms with Crippen molar-refractivity contribution in [2.75, 3.05) is 5.32 Å². The lowest BCUT2D eigenvalue weighted by Gasteiger charge is -2.14. The van der Waals surface area contributed by atoms with Crippen molar-refractivity contribution in [1.82, 2.24) is 9.55 Å². The first-order valence-electron chi connectivity index (χ1n) is 7.64. The average molecular weight is 350 g/mol. The number of pyridine rings is 1. The van der Waals surface area contributed by atoms with Crippen LogP contribution in [0.1, 0.15) is 35.6 Å². The smallest absolute Gasteiger partial charge is 0.340 e. The number of carbonyl (C=O) groups excluding carboxylic acids is 2. The molecule has 128 valence electrons. The Labute approximate surface area is 145 Å². The largest absolute Gasteiger partial charge is 0.449 e. The molecule has 0 bridgehead atoms. The fraction of sp³-hybridized carbons (Fsp3) is 0.353. The van der Waals surface area contributed by atoms with E-state index in [-0.39, 0.29) is 5.15 Å². The normalized spacial score (nSPS) is 11.9. The molecule has 2 heterocycles. The molecular weight excluding hydrogens is 330 g/mol. The summed E-state index contributed by atoms with van der Waals surface area (Å²) in [7, 11) is 0. The van der Waals surface area contributed by atoms with Crippen LogP contribution in [0.25, 0.3) is 0 Å². The van der Waals surface area contributed by atoms with Crippen LogP contribution in [0, 0.1) is 13.8 Å². The van der Waals surface area contributed by atoms with Crippen LogP contribution < -0.4 is 5.32 Å². The van der Waals surface area contributed by atoms with Crippen molar-refractivity contribution in [1.29, 1.82) is 0 Å². The fourth-order valence-corrected chi connectivity index (χ4v) is 2.65. The molecule has 2 aromatic heterocycles. The van der Waals surface area contributed by atoms with E-state index in [0.29, 0.717) is 11.3 Å². The predicted molar refractivity (Wildman–Crippen MR) is 92.3 cm³/mol. The van der Waals surface area contributed by atoms with Crippen molar-refractivity contribution in [3.63, 3.8) is 0 Å². The van der Waals surface area contributed by atoms with Crippen LogP contribution in [0.4, 0.5) is 5.69 Å². The molecule has 1 N–H and O–H groups in total. The molecule has 0 aromatic carbocycles. The van der Waals surface area contributed by atoms with E-state index in [9.17, 15) is 9.59 Å². The molecule has 0 aliphatic carbocycles. The summed E-state index contributed by atoms with van der Waals surface area (Å²) in [5, 5.41) is 2.77. The fourth-order valence-electron chi connectivity index (χ4n) is 2.49. The van der Waals surface area contributed by atoms with Crippen LogP contribution in [-0.4, -0.2) is 27.5 Å². The lowest BCUT2D eigenvalue weighted by atomic mass is 10.2. The summed E-state index contributed by atoms with van der Waals surface area (Å²) in [5.74, 6) is -0.995. The van der Waals surface area contributed by atoms with Crippen molar-refractivity contribution < 1.29 is 14.3 Å². The molecule has 1 amide bonds. The van der Waals surface area contributed by atoms with E-state index < -0.39 is 18.0 Å². The summed E-state index contributed by atoms with van der Waals surface area (Å²) in [6.07, 6.45) is 0.559. The Bertz CT molecular complexity index is 770. The van der Waals surface area contributed by atoms with Gasteiger partial charge in [-0.2, -0.15) is 0 Å². The summed E-state index contributed by atoms with van der Waals surface area (Å²) < 4.78 is 7.29. The van der Waals surface area contributed by atoms with Crippen LogP contribution in [0.5, 0.6) is 0 Å². The van der Waals surface area contributed by atoms with Crippen molar-refractivity contribution in [2.24, 2.45) is 0 Å². The summed E-state index contributed by atoms with van der Waals surface area (Å²) in [6, 6.07) is 5.04. The first kappa shape index (κ1) is 18.0. The lowest BCUT2D eigenvalue weighted by Crippen LogP contribution is -2.30. The first-order chi connectivity index (χ1) is 11.3. The Morgan fingerprint density at radius 3 is 2.71 bits per heavy atom. The zero-order valence-electron chi connectivity index (χ0n) is 14.1. The molecule has 2 rings (SSSR count). The maximum Gasteiger partial charge on any atom is 0.340 e. The zero-order chi connectivity index (χ0) is 17.9. The third-order valence-electron chi connectivity index (χ3n) is 3.78. The number of nitrogens with zero attached hydrogens (tertiary/aromatic N) is 2. The minimum absolute atomic E-state index is 0.177. The van der Waals surface area contributed by atoms with Crippen molar-refractivity contribution in [3.8, 4) is 0 Å². The van der Waals surface area contributed by atoms with E-state index in [2.05, 4.69) is 10.3 Å². The number of aromatic nitrogens is 2. The SMILES string of the molecule is CCn1c(C)cc(C(=O)O[C@@H](C)C(=O)Nc2cccnc2Cl)c1C. The Kier molecular flexibility index (Phi) is 5.62. The van der Waals surface area contributed by atoms with Gasteiger partial charge in [-0.3, -0.25) is 4.79 Å². The molecule has 0 spiro atoms. The van der Waals surface area contributed by atoms with Crippen molar-refractivity contribution in [3.05, 3.63) is 46.5 Å². The second-order valence-corrected chi connectivity index (χ2v) is 5.77. The third kappa shape index (κ3) is 3.76. The topological polar surface area (TPSA) is 73.2 Å². The molecule has 0 aliphatic heterocycles. The van der Waals surface area contributed by atoms with Crippen LogP contribution in [0.2, 0.25) is 5.15 Å². The molecule has 24 heavy (non-hydrogen) atoms. The molecular formula is C17H20ClN3O3. The number of esters is 1. The molecule has 0 fully saturated rings. The lowest BCUT2D eigenvalue weighted by molar-refractivity contribution is -0.123. The van der Waals surface area contributed by atoms with E-state index in [0.717, 1.165) is 17.9 Å². The highest BCUT2D eigenvalue weighted by Crippen LogP contribution is 2.19.